The van der Waals surface area contributed by atoms with Gasteiger partial charge in [-0.1, -0.05) is 0 Å². The van der Waals surface area contributed by atoms with E-state index in [2.05, 4.69) is 15.2 Å². The lowest BCUT2D eigenvalue weighted by Crippen LogP contribution is -2.40. The molecule has 0 spiro atoms. The first-order chi connectivity index (χ1) is 11.3. The smallest absolute Gasteiger partial charge is 0.254 e. The number of carbonyl (C=O) groups is 1. The van der Waals surface area contributed by atoms with E-state index in [1.54, 1.807) is 24.5 Å². The van der Waals surface area contributed by atoms with Crippen LogP contribution in [0.25, 0.3) is 0 Å². The highest BCUT2D eigenvalue weighted by Gasteiger charge is 2.18. The quantitative estimate of drug-likeness (QED) is 0.816. The monoisotopic (exact) mass is 310 g/mol. The Kier molecular flexibility index (Phi) is 5.06. The zero-order valence-corrected chi connectivity index (χ0v) is 12.8. The minimum Gasteiger partial charge on any atom is -0.378 e. The second kappa shape index (κ2) is 7.60. The Labute approximate surface area is 134 Å². The van der Waals surface area contributed by atoms with Gasteiger partial charge in [-0.05, 0) is 42.0 Å². The fraction of sp³-hybridized carbons (Fsp3) is 0.294. The van der Waals surface area contributed by atoms with Crippen molar-refractivity contribution >= 4 is 11.6 Å². The molecule has 0 N–H and O–H groups in total. The van der Waals surface area contributed by atoms with Crippen molar-refractivity contribution < 1.29 is 9.53 Å². The van der Waals surface area contributed by atoms with Gasteiger partial charge in [0.15, 0.2) is 0 Å². The summed E-state index contributed by atoms with van der Waals surface area (Å²) in [6, 6.07) is 11.0. The van der Waals surface area contributed by atoms with E-state index in [0.717, 1.165) is 11.3 Å². The zero-order valence-electron chi connectivity index (χ0n) is 12.8. The lowest BCUT2D eigenvalue weighted by molar-refractivity contribution is 0.0303. The molecule has 1 aliphatic heterocycles. The van der Waals surface area contributed by atoms with Gasteiger partial charge in [0.25, 0.3) is 5.91 Å². The van der Waals surface area contributed by atoms with Gasteiger partial charge in [0, 0.05) is 31.0 Å². The van der Waals surface area contributed by atoms with E-state index >= 15 is 0 Å². The Hall–Kier alpha value is -2.60. The summed E-state index contributed by atoms with van der Waals surface area (Å²) in [6.07, 6.45) is 3.47. The van der Waals surface area contributed by atoms with Gasteiger partial charge in [-0.2, -0.15) is 10.2 Å². The van der Waals surface area contributed by atoms with Crippen LogP contribution in [0, 0.1) is 0 Å². The number of hydrogen-bond donors (Lipinski definition) is 0. The topological polar surface area (TPSA) is 67.2 Å². The van der Waals surface area contributed by atoms with Gasteiger partial charge in [-0.15, -0.1) is 0 Å². The van der Waals surface area contributed by atoms with Gasteiger partial charge in [0.2, 0.25) is 0 Å². The molecule has 3 rings (SSSR count). The molecule has 2 heterocycles. The van der Waals surface area contributed by atoms with Crippen LogP contribution < -0.4 is 0 Å². The molecule has 1 fully saturated rings. The van der Waals surface area contributed by atoms with Crippen molar-refractivity contribution in [3.63, 3.8) is 0 Å². The van der Waals surface area contributed by atoms with Crippen molar-refractivity contribution in [2.75, 3.05) is 26.3 Å². The second-order valence-electron chi connectivity index (χ2n) is 5.21. The molecule has 0 radical (unpaired) electrons. The fourth-order valence-electron chi connectivity index (χ4n) is 2.31. The van der Waals surface area contributed by atoms with E-state index in [1.165, 1.54) is 0 Å². The van der Waals surface area contributed by atoms with Crippen LogP contribution in [0.2, 0.25) is 0 Å². The molecule has 1 amide bonds. The van der Waals surface area contributed by atoms with E-state index in [-0.39, 0.29) is 5.91 Å². The SMILES string of the molecule is O=C(c1ccc(N=NCc2ccncc2)cc1)N1CCOCC1. The molecule has 6 nitrogen and oxygen atoms in total. The van der Waals surface area contributed by atoms with Gasteiger partial charge in [-0.25, -0.2) is 0 Å². The molecule has 1 aliphatic rings. The van der Waals surface area contributed by atoms with Crippen molar-refractivity contribution in [2.45, 2.75) is 6.54 Å². The Morgan fingerprint density at radius 1 is 1.09 bits per heavy atom. The summed E-state index contributed by atoms with van der Waals surface area (Å²) in [7, 11) is 0. The highest BCUT2D eigenvalue weighted by molar-refractivity contribution is 5.94. The highest BCUT2D eigenvalue weighted by atomic mass is 16.5. The minimum absolute atomic E-state index is 0.0357. The van der Waals surface area contributed by atoms with Gasteiger partial charge in [0.05, 0.1) is 25.4 Å². The molecule has 1 saturated heterocycles. The third-order valence-corrected chi connectivity index (χ3v) is 3.60. The van der Waals surface area contributed by atoms with E-state index in [0.29, 0.717) is 38.4 Å². The minimum atomic E-state index is 0.0357. The number of rotatable bonds is 4. The molecule has 118 valence electrons. The molecular formula is C17H18N4O2. The molecule has 6 heteroatoms. The maximum Gasteiger partial charge on any atom is 0.254 e. The third-order valence-electron chi connectivity index (χ3n) is 3.60. The standard InChI is InChI=1S/C17H18N4O2/c22-17(21-9-11-23-12-10-21)15-1-3-16(4-2-15)20-19-13-14-5-7-18-8-6-14/h1-8H,9-13H2. The number of amides is 1. The average Bonchev–Trinajstić information content (AvgIpc) is 2.63. The van der Waals surface area contributed by atoms with E-state index in [9.17, 15) is 4.79 Å². The molecule has 0 atom stereocenters. The first-order valence-electron chi connectivity index (χ1n) is 7.56. The lowest BCUT2D eigenvalue weighted by atomic mass is 10.2. The Bertz CT molecular complexity index is 665. The van der Waals surface area contributed by atoms with Crippen LogP contribution in [0.1, 0.15) is 15.9 Å². The summed E-state index contributed by atoms with van der Waals surface area (Å²) >= 11 is 0. The van der Waals surface area contributed by atoms with E-state index in [4.69, 9.17) is 4.74 Å². The molecule has 0 aliphatic carbocycles. The van der Waals surface area contributed by atoms with Gasteiger partial charge >= 0.3 is 0 Å². The average molecular weight is 310 g/mol. The molecule has 0 saturated carbocycles. The summed E-state index contributed by atoms with van der Waals surface area (Å²) in [4.78, 5) is 18.1. The first-order valence-corrected chi connectivity index (χ1v) is 7.56. The normalized spacial score (nSPS) is 15.0. The Balaban J connectivity index is 1.59. The van der Waals surface area contributed by atoms with E-state index in [1.807, 2.05) is 29.2 Å². The predicted molar refractivity (Wildman–Crippen MR) is 85.6 cm³/mol. The Morgan fingerprint density at radius 2 is 1.78 bits per heavy atom. The number of nitrogens with zero attached hydrogens (tertiary/aromatic N) is 4. The number of benzene rings is 1. The summed E-state index contributed by atoms with van der Waals surface area (Å²) < 4.78 is 5.26. The first kappa shape index (κ1) is 15.3. The summed E-state index contributed by atoms with van der Waals surface area (Å²) in [5.74, 6) is 0.0357. The fourth-order valence-corrected chi connectivity index (χ4v) is 2.31. The highest BCUT2D eigenvalue weighted by Crippen LogP contribution is 2.16. The van der Waals surface area contributed by atoms with Crippen LogP contribution in [-0.2, 0) is 11.3 Å². The number of aromatic nitrogens is 1. The Morgan fingerprint density at radius 3 is 2.48 bits per heavy atom. The van der Waals surface area contributed by atoms with Crippen molar-refractivity contribution in [3.05, 3.63) is 59.9 Å². The molecule has 2 aromatic rings. The molecule has 0 bridgehead atoms. The molecular weight excluding hydrogens is 292 g/mol. The van der Waals surface area contributed by atoms with Gasteiger partial charge in [-0.3, -0.25) is 9.78 Å². The maximum absolute atomic E-state index is 12.3. The van der Waals surface area contributed by atoms with Crippen molar-refractivity contribution in [2.24, 2.45) is 10.2 Å². The maximum atomic E-state index is 12.3. The number of azo groups is 1. The number of morpholine rings is 1. The third kappa shape index (κ3) is 4.20. The molecule has 1 aromatic carbocycles. The molecule has 1 aromatic heterocycles. The van der Waals surface area contributed by atoms with E-state index < -0.39 is 0 Å². The van der Waals surface area contributed by atoms with Crippen LogP contribution in [0.3, 0.4) is 0 Å². The van der Waals surface area contributed by atoms with Crippen molar-refractivity contribution in [1.29, 1.82) is 0 Å². The second-order valence-corrected chi connectivity index (χ2v) is 5.21. The largest absolute Gasteiger partial charge is 0.378 e. The zero-order chi connectivity index (χ0) is 15.9. The van der Waals surface area contributed by atoms with Gasteiger partial charge < -0.3 is 9.64 Å². The van der Waals surface area contributed by atoms with Crippen LogP contribution in [-0.4, -0.2) is 42.1 Å². The van der Waals surface area contributed by atoms with Crippen LogP contribution >= 0.6 is 0 Å². The number of ether oxygens (including phenoxy) is 1. The molecule has 0 unspecified atom stereocenters. The van der Waals surface area contributed by atoms with Crippen LogP contribution in [0.5, 0.6) is 0 Å². The number of hydrogen-bond acceptors (Lipinski definition) is 5. The lowest BCUT2D eigenvalue weighted by Gasteiger charge is -2.26. The number of pyridine rings is 1. The summed E-state index contributed by atoms with van der Waals surface area (Å²) in [5, 5.41) is 8.34. The predicted octanol–water partition coefficient (Wildman–Crippen LogP) is 2.84. The molecule has 23 heavy (non-hydrogen) atoms. The van der Waals surface area contributed by atoms with Crippen LogP contribution in [0.15, 0.2) is 59.0 Å². The summed E-state index contributed by atoms with van der Waals surface area (Å²) in [6.45, 7) is 3.01. The number of carbonyl (C=O) groups excluding carboxylic acids is 1. The van der Waals surface area contributed by atoms with Gasteiger partial charge in [0.1, 0.15) is 0 Å². The van der Waals surface area contributed by atoms with Crippen molar-refractivity contribution in [1.82, 2.24) is 9.88 Å². The van der Waals surface area contributed by atoms with Crippen molar-refractivity contribution in [3.8, 4) is 0 Å². The van der Waals surface area contributed by atoms with Crippen LogP contribution in [0.4, 0.5) is 5.69 Å². The summed E-state index contributed by atoms with van der Waals surface area (Å²) in [5.41, 5.74) is 2.46.